The molecule has 0 unspecified atom stereocenters. The predicted octanol–water partition coefficient (Wildman–Crippen LogP) is 0.553. The van der Waals surface area contributed by atoms with Crippen LogP contribution in [0.2, 0.25) is 0 Å². The van der Waals surface area contributed by atoms with Crippen LogP contribution in [0.3, 0.4) is 0 Å². The topological polar surface area (TPSA) is 127 Å². The molecule has 0 saturated heterocycles. The van der Waals surface area contributed by atoms with Crippen LogP contribution in [-0.2, 0) is 16.1 Å². The van der Waals surface area contributed by atoms with Gasteiger partial charge in [-0.15, -0.1) is 0 Å². The fraction of sp³-hybridized carbons (Fsp3) is 0.583. The van der Waals surface area contributed by atoms with Gasteiger partial charge in [-0.1, -0.05) is 6.42 Å². The van der Waals surface area contributed by atoms with Crippen LogP contribution >= 0.6 is 0 Å². The van der Waals surface area contributed by atoms with Crippen LogP contribution in [0.25, 0.3) is 0 Å². The zero-order valence-electron chi connectivity index (χ0n) is 11.3. The number of nitro groups is 1. The van der Waals surface area contributed by atoms with Crippen LogP contribution in [0.15, 0.2) is 12.4 Å². The first-order valence-corrected chi connectivity index (χ1v) is 6.56. The summed E-state index contributed by atoms with van der Waals surface area (Å²) < 4.78 is 1.18. The highest BCUT2D eigenvalue weighted by Gasteiger charge is 2.39. The maximum atomic E-state index is 11.8. The molecule has 21 heavy (non-hydrogen) atoms. The van der Waals surface area contributed by atoms with Crippen molar-refractivity contribution in [3.63, 3.8) is 0 Å². The van der Waals surface area contributed by atoms with Gasteiger partial charge in [0.25, 0.3) is 0 Å². The normalized spacial score (nSPS) is 16.0. The van der Waals surface area contributed by atoms with Gasteiger partial charge in [0.1, 0.15) is 18.9 Å². The first-order chi connectivity index (χ1) is 9.90. The lowest BCUT2D eigenvalue weighted by molar-refractivity contribution is -0.385. The van der Waals surface area contributed by atoms with Crippen molar-refractivity contribution < 1.29 is 19.6 Å². The molecule has 1 heterocycles. The fourth-order valence-corrected chi connectivity index (χ4v) is 2.44. The molecular weight excluding hydrogens is 280 g/mol. The molecule has 0 aromatic carbocycles. The Bertz CT molecular complexity index is 564. The predicted molar refractivity (Wildman–Crippen MR) is 70.4 cm³/mol. The van der Waals surface area contributed by atoms with Crippen molar-refractivity contribution in [2.75, 3.05) is 6.54 Å². The van der Waals surface area contributed by atoms with E-state index >= 15 is 0 Å². The van der Waals surface area contributed by atoms with Gasteiger partial charge in [0.15, 0.2) is 0 Å². The minimum absolute atomic E-state index is 0.0422. The van der Waals surface area contributed by atoms with Gasteiger partial charge in [-0.3, -0.25) is 24.4 Å². The van der Waals surface area contributed by atoms with E-state index in [1.54, 1.807) is 0 Å². The van der Waals surface area contributed by atoms with Gasteiger partial charge in [0, 0.05) is 6.54 Å². The molecule has 9 heteroatoms. The summed E-state index contributed by atoms with van der Waals surface area (Å²) in [7, 11) is 0. The minimum Gasteiger partial charge on any atom is -0.481 e. The van der Waals surface area contributed by atoms with Crippen molar-refractivity contribution in [1.29, 1.82) is 0 Å². The molecule has 0 aliphatic heterocycles. The summed E-state index contributed by atoms with van der Waals surface area (Å²) in [6, 6.07) is 0. The molecule has 9 nitrogen and oxygen atoms in total. The Morgan fingerprint density at radius 2 is 2.24 bits per heavy atom. The van der Waals surface area contributed by atoms with Gasteiger partial charge in [-0.2, -0.15) is 5.10 Å². The van der Waals surface area contributed by atoms with E-state index in [1.165, 1.54) is 10.9 Å². The molecule has 2 N–H and O–H groups in total. The molecule has 1 amide bonds. The third-order valence-corrected chi connectivity index (χ3v) is 3.74. The number of nitrogens with one attached hydrogen (secondary N) is 1. The van der Waals surface area contributed by atoms with Crippen molar-refractivity contribution >= 4 is 17.6 Å². The molecule has 2 rings (SSSR count). The van der Waals surface area contributed by atoms with Gasteiger partial charge < -0.3 is 10.4 Å². The highest BCUT2D eigenvalue weighted by molar-refractivity contribution is 5.76. The number of rotatable bonds is 7. The van der Waals surface area contributed by atoms with Crippen molar-refractivity contribution in [3.8, 4) is 0 Å². The molecular formula is C12H16N4O5. The van der Waals surface area contributed by atoms with Crippen molar-refractivity contribution in [2.45, 2.75) is 32.2 Å². The second kappa shape index (κ2) is 5.90. The first kappa shape index (κ1) is 14.9. The number of nitrogens with zero attached hydrogens (tertiary/aromatic N) is 3. The van der Waals surface area contributed by atoms with E-state index in [2.05, 4.69) is 10.4 Å². The van der Waals surface area contributed by atoms with Gasteiger partial charge >= 0.3 is 11.7 Å². The maximum absolute atomic E-state index is 11.8. The molecule has 114 valence electrons. The summed E-state index contributed by atoms with van der Waals surface area (Å²) in [6.45, 7) is 0.179. The van der Waals surface area contributed by atoms with E-state index in [4.69, 9.17) is 5.11 Å². The second-order valence-corrected chi connectivity index (χ2v) is 5.35. The van der Waals surface area contributed by atoms with E-state index in [9.17, 15) is 19.7 Å². The Kier molecular flexibility index (Phi) is 4.20. The number of hydrogen-bond acceptors (Lipinski definition) is 5. The number of carboxylic acid groups (broad SMARTS) is 1. The van der Waals surface area contributed by atoms with Crippen LogP contribution in [0, 0.1) is 15.5 Å². The summed E-state index contributed by atoms with van der Waals surface area (Å²) in [5.74, 6) is -1.21. The van der Waals surface area contributed by atoms with Crippen molar-refractivity contribution in [1.82, 2.24) is 15.1 Å². The molecule has 0 atom stereocenters. The van der Waals surface area contributed by atoms with Crippen LogP contribution in [0.4, 0.5) is 5.69 Å². The average molecular weight is 296 g/mol. The molecule has 1 fully saturated rings. The maximum Gasteiger partial charge on any atom is 0.307 e. The molecule has 0 spiro atoms. The third-order valence-electron chi connectivity index (χ3n) is 3.74. The minimum atomic E-state index is -0.869. The summed E-state index contributed by atoms with van der Waals surface area (Å²) >= 11 is 0. The van der Waals surface area contributed by atoms with Gasteiger partial charge in [0.2, 0.25) is 5.91 Å². The van der Waals surface area contributed by atoms with Crippen LogP contribution < -0.4 is 5.32 Å². The number of carbonyl (C=O) groups is 2. The highest BCUT2D eigenvalue weighted by Crippen LogP contribution is 2.43. The summed E-state index contributed by atoms with van der Waals surface area (Å²) in [4.78, 5) is 32.5. The number of aliphatic carboxylic acids is 1. The zero-order valence-corrected chi connectivity index (χ0v) is 11.3. The Morgan fingerprint density at radius 1 is 1.52 bits per heavy atom. The first-order valence-electron chi connectivity index (χ1n) is 6.56. The molecule has 1 aromatic heterocycles. The lowest BCUT2D eigenvalue weighted by Gasteiger charge is -2.40. The van der Waals surface area contributed by atoms with Crippen LogP contribution in [0.5, 0.6) is 0 Å². The lowest BCUT2D eigenvalue weighted by Crippen LogP contribution is -2.44. The Hall–Kier alpha value is -2.45. The number of amides is 1. The molecule has 1 aliphatic carbocycles. The van der Waals surface area contributed by atoms with Crippen LogP contribution in [0.1, 0.15) is 25.7 Å². The number of carboxylic acids is 1. The Morgan fingerprint density at radius 3 is 2.71 bits per heavy atom. The molecule has 1 aromatic rings. The SMILES string of the molecule is O=C(O)CC1(CNC(=O)Cn2cc([N+](=O)[O-])cn2)CCC1. The van der Waals surface area contributed by atoms with Crippen molar-refractivity contribution in [2.24, 2.45) is 5.41 Å². The van der Waals surface area contributed by atoms with E-state index in [0.29, 0.717) is 6.54 Å². The van der Waals surface area contributed by atoms with E-state index in [1.807, 2.05) is 0 Å². The largest absolute Gasteiger partial charge is 0.481 e. The van der Waals surface area contributed by atoms with Gasteiger partial charge in [-0.25, -0.2) is 0 Å². The van der Waals surface area contributed by atoms with Gasteiger partial charge in [0.05, 0.1) is 11.3 Å². The average Bonchev–Trinajstić information content (AvgIpc) is 2.80. The smallest absolute Gasteiger partial charge is 0.307 e. The zero-order chi connectivity index (χ0) is 15.5. The second-order valence-electron chi connectivity index (χ2n) is 5.35. The summed E-state index contributed by atoms with van der Waals surface area (Å²) in [5, 5.41) is 25.8. The van der Waals surface area contributed by atoms with Gasteiger partial charge in [-0.05, 0) is 18.3 Å². The fourth-order valence-electron chi connectivity index (χ4n) is 2.44. The standard InChI is InChI=1S/C12H16N4O5/c17-10(7-15-6-9(5-14-15)16(20)21)13-8-12(2-1-3-12)4-11(18)19/h5-6H,1-4,7-8H2,(H,13,17)(H,18,19). The Labute approximate surface area is 120 Å². The lowest BCUT2D eigenvalue weighted by atomic mass is 9.66. The van der Waals surface area contributed by atoms with E-state index < -0.39 is 10.9 Å². The summed E-state index contributed by atoms with van der Waals surface area (Å²) in [5.41, 5.74) is -0.526. The quantitative estimate of drug-likeness (QED) is 0.558. The number of aromatic nitrogens is 2. The highest BCUT2D eigenvalue weighted by atomic mass is 16.6. The Balaban J connectivity index is 1.84. The molecule has 1 aliphatic rings. The monoisotopic (exact) mass is 296 g/mol. The van der Waals surface area contributed by atoms with E-state index in [-0.39, 0.29) is 30.0 Å². The summed E-state index contributed by atoms with van der Waals surface area (Å²) in [6.07, 6.45) is 4.83. The number of carbonyl (C=O) groups excluding carboxylic acids is 1. The van der Waals surface area contributed by atoms with Crippen molar-refractivity contribution in [3.05, 3.63) is 22.5 Å². The van der Waals surface area contributed by atoms with Crippen LogP contribution in [-0.4, -0.2) is 38.2 Å². The molecule has 1 saturated carbocycles. The van der Waals surface area contributed by atoms with E-state index in [0.717, 1.165) is 25.5 Å². The molecule has 0 radical (unpaired) electrons. The number of hydrogen-bond donors (Lipinski definition) is 2. The molecule has 0 bridgehead atoms. The third kappa shape index (κ3) is 3.77.